The van der Waals surface area contributed by atoms with Gasteiger partial charge in [0.1, 0.15) is 29.0 Å². The van der Waals surface area contributed by atoms with Crippen molar-refractivity contribution in [2.75, 3.05) is 0 Å². The van der Waals surface area contributed by atoms with Gasteiger partial charge in [0.05, 0.1) is 10.8 Å². The highest BCUT2D eigenvalue weighted by molar-refractivity contribution is 5.78. The molecule has 6 heteroatoms. The Hall–Kier alpha value is -3.02. The first kappa shape index (κ1) is 32.2. The number of phenols is 1. The van der Waals surface area contributed by atoms with Crippen molar-refractivity contribution in [1.82, 2.24) is 0 Å². The third-order valence-electron chi connectivity index (χ3n) is 7.80. The Labute approximate surface area is 235 Å². The lowest BCUT2D eigenvalue weighted by molar-refractivity contribution is -0.160. The lowest BCUT2D eigenvalue weighted by atomic mass is 9.88. The van der Waals surface area contributed by atoms with E-state index < -0.39 is 10.8 Å². The zero-order valence-electron chi connectivity index (χ0n) is 25.3. The summed E-state index contributed by atoms with van der Waals surface area (Å²) in [6.07, 6.45) is 4.86. The van der Waals surface area contributed by atoms with Crippen LogP contribution in [0.15, 0.2) is 42.5 Å². The molecule has 0 saturated heterocycles. The van der Waals surface area contributed by atoms with Gasteiger partial charge in [-0.3, -0.25) is 9.59 Å². The molecule has 0 fully saturated rings. The van der Waals surface area contributed by atoms with Crippen LogP contribution in [-0.2, 0) is 27.2 Å². The van der Waals surface area contributed by atoms with Crippen LogP contribution in [0.1, 0.15) is 99.1 Å². The number of aromatic hydroxyl groups is 1. The van der Waals surface area contributed by atoms with E-state index in [0.717, 1.165) is 43.4 Å². The highest BCUT2D eigenvalue weighted by Gasteiger charge is 2.31. The minimum atomic E-state index is -0.459. The largest absolute Gasteiger partial charge is 0.508 e. The summed E-state index contributed by atoms with van der Waals surface area (Å²) in [5.41, 5.74) is 1.28. The predicted molar refractivity (Wildman–Crippen MR) is 155 cm³/mol. The number of aryl methyl sites for hydroxylation is 1. The molecule has 1 unspecified atom stereocenters. The van der Waals surface area contributed by atoms with Gasteiger partial charge in [0.2, 0.25) is 0 Å². The molecule has 39 heavy (non-hydrogen) atoms. The van der Waals surface area contributed by atoms with E-state index in [-0.39, 0.29) is 29.4 Å². The molecule has 2 aromatic rings. The van der Waals surface area contributed by atoms with Crippen molar-refractivity contribution < 1.29 is 28.9 Å². The second-order valence-electron chi connectivity index (χ2n) is 12.3. The van der Waals surface area contributed by atoms with E-state index in [9.17, 15) is 14.7 Å². The summed E-state index contributed by atoms with van der Waals surface area (Å²) in [5, 5.41) is 9.52. The van der Waals surface area contributed by atoms with Gasteiger partial charge in [0.15, 0.2) is 0 Å². The molecule has 216 valence electrons. The van der Waals surface area contributed by atoms with Crippen LogP contribution in [0.5, 0.6) is 17.2 Å². The number of rotatable bonds is 9. The molecular weight excluding hydrogens is 492 g/mol. The van der Waals surface area contributed by atoms with Crippen LogP contribution in [0.3, 0.4) is 0 Å². The first-order valence-corrected chi connectivity index (χ1v) is 14.2. The van der Waals surface area contributed by atoms with Crippen LogP contribution in [0.4, 0.5) is 0 Å². The van der Waals surface area contributed by atoms with E-state index in [1.165, 1.54) is 5.56 Å². The van der Waals surface area contributed by atoms with Crippen molar-refractivity contribution in [3.05, 3.63) is 53.6 Å². The highest BCUT2D eigenvalue weighted by atomic mass is 16.5. The SMILES string of the molecule is CCC(C)(C)C(=O)OC1CCc2ccc(O)cc2C1.CCC(C)(C)Oc1ccc(OC(=O)C(C)(C)CC)cc1. The van der Waals surface area contributed by atoms with Gasteiger partial charge < -0.3 is 19.3 Å². The summed E-state index contributed by atoms with van der Waals surface area (Å²) in [6, 6.07) is 12.7. The number of hydrogen-bond acceptors (Lipinski definition) is 6. The smallest absolute Gasteiger partial charge is 0.316 e. The molecule has 1 aliphatic rings. The number of phenolic OH excluding ortho intramolecular Hbond substituents is 1. The maximum absolute atomic E-state index is 12.1. The van der Waals surface area contributed by atoms with E-state index in [4.69, 9.17) is 14.2 Å². The number of esters is 2. The monoisotopic (exact) mass is 540 g/mol. The van der Waals surface area contributed by atoms with E-state index in [0.29, 0.717) is 12.2 Å². The van der Waals surface area contributed by atoms with Gasteiger partial charge in [0, 0.05) is 6.42 Å². The molecular formula is C33H48O6. The Morgan fingerprint density at radius 2 is 1.36 bits per heavy atom. The number of carbonyl (C=O) groups is 2. The third-order valence-corrected chi connectivity index (χ3v) is 7.80. The van der Waals surface area contributed by atoms with Crippen molar-refractivity contribution in [3.63, 3.8) is 0 Å². The average molecular weight is 541 g/mol. The van der Waals surface area contributed by atoms with Gasteiger partial charge in [-0.25, -0.2) is 0 Å². The Morgan fingerprint density at radius 1 is 0.795 bits per heavy atom. The summed E-state index contributed by atoms with van der Waals surface area (Å²) in [5.74, 6) is 1.29. The maximum atomic E-state index is 12.1. The van der Waals surface area contributed by atoms with Crippen molar-refractivity contribution in [1.29, 1.82) is 0 Å². The van der Waals surface area contributed by atoms with Crippen LogP contribution in [0, 0.1) is 10.8 Å². The zero-order valence-corrected chi connectivity index (χ0v) is 25.3. The summed E-state index contributed by atoms with van der Waals surface area (Å²) < 4.78 is 16.9. The van der Waals surface area contributed by atoms with Crippen LogP contribution < -0.4 is 9.47 Å². The van der Waals surface area contributed by atoms with Crippen LogP contribution in [0.2, 0.25) is 0 Å². The van der Waals surface area contributed by atoms with Crippen molar-refractivity contribution in [3.8, 4) is 17.2 Å². The Kier molecular flexibility index (Phi) is 11.0. The number of ether oxygens (including phenoxy) is 3. The van der Waals surface area contributed by atoms with Gasteiger partial charge in [-0.2, -0.15) is 0 Å². The zero-order chi connectivity index (χ0) is 29.4. The number of carbonyl (C=O) groups excluding carboxylic acids is 2. The Balaban J connectivity index is 0.000000274. The molecule has 0 radical (unpaired) electrons. The summed E-state index contributed by atoms with van der Waals surface area (Å²) >= 11 is 0. The van der Waals surface area contributed by atoms with Crippen molar-refractivity contribution >= 4 is 11.9 Å². The molecule has 2 aromatic carbocycles. The number of fused-ring (bicyclic) bond motifs is 1. The molecule has 0 saturated carbocycles. The highest BCUT2D eigenvalue weighted by Crippen LogP contribution is 2.30. The van der Waals surface area contributed by atoms with E-state index >= 15 is 0 Å². The third kappa shape index (κ3) is 9.59. The predicted octanol–water partition coefficient (Wildman–Crippen LogP) is 7.82. The van der Waals surface area contributed by atoms with Gasteiger partial charge >= 0.3 is 11.9 Å². The lowest BCUT2D eigenvalue weighted by Gasteiger charge is -2.28. The van der Waals surface area contributed by atoms with E-state index in [1.807, 2.05) is 73.6 Å². The first-order chi connectivity index (χ1) is 18.1. The lowest BCUT2D eigenvalue weighted by Crippen LogP contribution is -2.33. The Morgan fingerprint density at radius 3 is 1.92 bits per heavy atom. The molecule has 0 bridgehead atoms. The molecule has 0 aromatic heterocycles. The first-order valence-electron chi connectivity index (χ1n) is 14.2. The fourth-order valence-electron chi connectivity index (χ4n) is 3.62. The van der Waals surface area contributed by atoms with Crippen LogP contribution in [-0.4, -0.2) is 28.8 Å². The van der Waals surface area contributed by atoms with E-state index in [1.54, 1.807) is 24.3 Å². The van der Waals surface area contributed by atoms with Crippen LogP contribution >= 0.6 is 0 Å². The fourth-order valence-corrected chi connectivity index (χ4v) is 3.62. The molecule has 0 amide bonds. The van der Waals surface area contributed by atoms with Gasteiger partial charge in [0.25, 0.3) is 0 Å². The maximum Gasteiger partial charge on any atom is 0.316 e. The molecule has 0 heterocycles. The summed E-state index contributed by atoms with van der Waals surface area (Å²) in [4.78, 5) is 24.0. The van der Waals surface area contributed by atoms with E-state index in [2.05, 4.69) is 6.92 Å². The minimum absolute atomic E-state index is 0.0624. The molecule has 1 aliphatic carbocycles. The molecule has 1 N–H and O–H groups in total. The van der Waals surface area contributed by atoms with Crippen LogP contribution in [0.25, 0.3) is 0 Å². The van der Waals surface area contributed by atoms with Crippen molar-refractivity contribution in [2.24, 2.45) is 10.8 Å². The second-order valence-corrected chi connectivity index (χ2v) is 12.3. The minimum Gasteiger partial charge on any atom is -0.508 e. The van der Waals surface area contributed by atoms with Gasteiger partial charge in [-0.05, 0) is 121 Å². The molecule has 6 nitrogen and oxygen atoms in total. The fraction of sp³-hybridized carbons (Fsp3) is 0.576. The van der Waals surface area contributed by atoms with Gasteiger partial charge in [-0.15, -0.1) is 0 Å². The Bertz CT molecular complexity index is 1100. The molecule has 3 rings (SSSR count). The standard InChI is InChI=1S/C17H26O3.C16H22O3/c1-7-16(3,4)15(18)19-13-9-11-14(12-10-13)20-17(5,6)8-2;1-4-16(2,3)15(18)19-14-8-6-11-5-7-13(17)9-12(11)10-14/h9-12H,7-8H2,1-6H3;5,7,9,14,17H,4,6,8,10H2,1-3H3. The molecule has 0 aliphatic heterocycles. The summed E-state index contributed by atoms with van der Waals surface area (Å²) in [7, 11) is 0. The topological polar surface area (TPSA) is 82.1 Å². The second kappa shape index (κ2) is 13.4. The molecule has 0 spiro atoms. The van der Waals surface area contributed by atoms with Gasteiger partial charge in [-0.1, -0.05) is 26.8 Å². The average Bonchev–Trinajstić information content (AvgIpc) is 2.89. The van der Waals surface area contributed by atoms with Crippen molar-refractivity contribution in [2.45, 2.75) is 113 Å². The summed E-state index contributed by atoms with van der Waals surface area (Å²) in [6.45, 7) is 17.8. The molecule has 1 atom stereocenters. The normalized spacial score (nSPS) is 15.4. The number of benzene rings is 2. The number of hydrogen-bond donors (Lipinski definition) is 1. The quantitative estimate of drug-likeness (QED) is 0.258.